The lowest BCUT2D eigenvalue weighted by Crippen LogP contribution is -2.38. The zero-order valence-corrected chi connectivity index (χ0v) is 13.6. The van der Waals surface area contributed by atoms with Crippen molar-refractivity contribution in [2.45, 2.75) is 33.1 Å². The maximum Gasteiger partial charge on any atom is 0.191 e. The van der Waals surface area contributed by atoms with E-state index in [1.807, 2.05) is 12.1 Å². The first-order valence-corrected chi connectivity index (χ1v) is 6.41. The Labute approximate surface area is 127 Å². The van der Waals surface area contributed by atoms with E-state index in [0.717, 1.165) is 44.2 Å². The number of unbranched alkanes of at least 4 members (excludes halogenated alkanes) is 1. The minimum Gasteiger partial charge on any atom is -0.469 e. The molecule has 0 unspecified atom stereocenters. The summed E-state index contributed by atoms with van der Waals surface area (Å²) in [6, 6.07) is 3.90. The molecule has 0 atom stereocenters. The Hall–Kier alpha value is -0.720. The highest BCUT2D eigenvalue weighted by Gasteiger charge is 1.98. The average Bonchev–Trinajstić information content (AvgIpc) is 2.82. The van der Waals surface area contributed by atoms with Gasteiger partial charge in [0.1, 0.15) is 5.76 Å². The SMILES string of the molecule is CCCCN=C(NCC)NCCc1ccco1.I. The van der Waals surface area contributed by atoms with Crippen molar-refractivity contribution in [2.24, 2.45) is 4.99 Å². The van der Waals surface area contributed by atoms with Gasteiger partial charge < -0.3 is 15.1 Å². The Bertz CT molecular complexity index is 312. The van der Waals surface area contributed by atoms with E-state index in [4.69, 9.17) is 4.42 Å². The van der Waals surface area contributed by atoms with Crippen LogP contribution in [0, 0.1) is 0 Å². The van der Waals surface area contributed by atoms with Crippen LogP contribution in [0.25, 0.3) is 0 Å². The number of guanidine groups is 1. The molecular weight excluding hydrogens is 341 g/mol. The van der Waals surface area contributed by atoms with Crippen LogP contribution in [0.4, 0.5) is 0 Å². The van der Waals surface area contributed by atoms with Gasteiger partial charge in [0.25, 0.3) is 0 Å². The molecule has 0 spiro atoms. The molecule has 0 aliphatic rings. The number of nitrogens with one attached hydrogen (secondary N) is 2. The van der Waals surface area contributed by atoms with Crippen LogP contribution in [0.15, 0.2) is 27.8 Å². The molecule has 1 aromatic heterocycles. The number of hydrogen-bond acceptors (Lipinski definition) is 2. The van der Waals surface area contributed by atoms with Crippen LogP contribution in [-0.4, -0.2) is 25.6 Å². The Morgan fingerprint density at radius 1 is 1.33 bits per heavy atom. The van der Waals surface area contributed by atoms with Crippen LogP contribution >= 0.6 is 24.0 Å². The molecule has 0 radical (unpaired) electrons. The third-order valence-electron chi connectivity index (χ3n) is 2.37. The Kier molecular flexibility index (Phi) is 10.9. The van der Waals surface area contributed by atoms with Gasteiger partial charge in [-0.2, -0.15) is 0 Å². The fraction of sp³-hybridized carbons (Fsp3) is 0.615. The lowest BCUT2D eigenvalue weighted by molar-refractivity contribution is 0.507. The van der Waals surface area contributed by atoms with Gasteiger partial charge in [0.15, 0.2) is 5.96 Å². The van der Waals surface area contributed by atoms with E-state index in [1.54, 1.807) is 6.26 Å². The van der Waals surface area contributed by atoms with Crippen LogP contribution in [0.3, 0.4) is 0 Å². The number of aliphatic imine (C=N–C) groups is 1. The van der Waals surface area contributed by atoms with Crippen molar-refractivity contribution in [2.75, 3.05) is 19.6 Å². The normalized spacial score (nSPS) is 10.9. The van der Waals surface area contributed by atoms with Crippen LogP contribution in [-0.2, 0) is 6.42 Å². The predicted octanol–water partition coefficient (Wildman–Crippen LogP) is 2.80. The molecule has 0 aliphatic heterocycles. The number of halogens is 1. The molecule has 0 aromatic carbocycles. The quantitative estimate of drug-likeness (QED) is 0.338. The Morgan fingerprint density at radius 2 is 2.17 bits per heavy atom. The molecule has 5 heteroatoms. The van der Waals surface area contributed by atoms with Gasteiger partial charge in [-0.25, -0.2) is 0 Å². The molecule has 0 fully saturated rings. The highest BCUT2D eigenvalue weighted by atomic mass is 127. The molecule has 0 saturated carbocycles. The van der Waals surface area contributed by atoms with Crippen molar-refractivity contribution >= 4 is 29.9 Å². The van der Waals surface area contributed by atoms with Gasteiger partial charge in [-0.05, 0) is 25.5 Å². The van der Waals surface area contributed by atoms with Crippen molar-refractivity contribution in [3.05, 3.63) is 24.2 Å². The van der Waals surface area contributed by atoms with Crippen molar-refractivity contribution in [3.63, 3.8) is 0 Å². The van der Waals surface area contributed by atoms with E-state index in [9.17, 15) is 0 Å². The van der Waals surface area contributed by atoms with Crippen molar-refractivity contribution in [1.82, 2.24) is 10.6 Å². The fourth-order valence-corrected chi connectivity index (χ4v) is 1.45. The predicted molar refractivity (Wildman–Crippen MR) is 86.7 cm³/mol. The van der Waals surface area contributed by atoms with E-state index >= 15 is 0 Å². The molecule has 104 valence electrons. The van der Waals surface area contributed by atoms with Crippen LogP contribution < -0.4 is 10.6 Å². The molecule has 0 bridgehead atoms. The van der Waals surface area contributed by atoms with E-state index in [2.05, 4.69) is 29.5 Å². The van der Waals surface area contributed by atoms with Crippen molar-refractivity contribution in [3.8, 4) is 0 Å². The van der Waals surface area contributed by atoms with Gasteiger partial charge in [-0.1, -0.05) is 13.3 Å². The molecule has 0 amide bonds. The fourth-order valence-electron chi connectivity index (χ4n) is 1.45. The lowest BCUT2D eigenvalue weighted by atomic mass is 10.3. The molecule has 1 aromatic rings. The number of hydrogen-bond donors (Lipinski definition) is 2. The molecule has 0 aliphatic carbocycles. The van der Waals surface area contributed by atoms with Crippen molar-refractivity contribution in [1.29, 1.82) is 0 Å². The summed E-state index contributed by atoms with van der Waals surface area (Å²) in [7, 11) is 0. The smallest absolute Gasteiger partial charge is 0.191 e. The van der Waals surface area contributed by atoms with Crippen molar-refractivity contribution < 1.29 is 4.42 Å². The summed E-state index contributed by atoms with van der Waals surface area (Å²) in [5.41, 5.74) is 0. The molecule has 4 nitrogen and oxygen atoms in total. The van der Waals surface area contributed by atoms with Gasteiger partial charge in [0.2, 0.25) is 0 Å². The second-order valence-electron chi connectivity index (χ2n) is 3.87. The second kappa shape index (κ2) is 11.4. The first kappa shape index (κ1) is 17.3. The summed E-state index contributed by atoms with van der Waals surface area (Å²) in [5, 5.41) is 6.53. The van der Waals surface area contributed by atoms with E-state index in [0.29, 0.717) is 0 Å². The molecule has 1 heterocycles. The van der Waals surface area contributed by atoms with Gasteiger partial charge >= 0.3 is 0 Å². The minimum absolute atomic E-state index is 0. The van der Waals surface area contributed by atoms with Gasteiger partial charge in [-0.15, -0.1) is 24.0 Å². The largest absolute Gasteiger partial charge is 0.469 e. The zero-order valence-electron chi connectivity index (χ0n) is 11.2. The third kappa shape index (κ3) is 7.58. The number of nitrogens with zero attached hydrogens (tertiary/aromatic N) is 1. The average molecular weight is 365 g/mol. The summed E-state index contributed by atoms with van der Waals surface area (Å²) in [5.74, 6) is 1.90. The third-order valence-corrected chi connectivity index (χ3v) is 2.37. The first-order chi connectivity index (χ1) is 8.36. The molecule has 1 rings (SSSR count). The van der Waals surface area contributed by atoms with E-state index in [-0.39, 0.29) is 24.0 Å². The number of furan rings is 1. The van der Waals surface area contributed by atoms with E-state index < -0.39 is 0 Å². The van der Waals surface area contributed by atoms with Gasteiger partial charge in [-0.3, -0.25) is 4.99 Å². The molecule has 0 saturated heterocycles. The van der Waals surface area contributed by atoms with Crippen LogP contribution in [0.1, 0.15) is 32.4 Å². The van der Waals surface area contributed by atoms with E-state index in [1.165, 1.54) is 6.42 Å². The molecule has 2 N–H and O–H groups in total. The van der Waals surface area contributed by atoms with Crippen LogP contribution in [0.2, 0.25) is 0 Å². The maximum absolute atomic E-state index is 5.27. The second-order valence-corrected chi connectivity index (χ2v) is 3.87. The van der Waals surface area contributed by atoms with Crippen LogP contribution in [0.5, 0.6) is 0 Å². The lowest BCUT2D eigenvalue weighted by Gasteiger charge is -2.10. The number of rotatable bonds is 7. The molecule has 18 heavy (non-hydrogen) atoms. The summed E-state index contributed by atoms with van der Waals surface area (Å²) < 4.78 is 5.27. The van der Waals surface area contributed by atoms with Gasteiger partial charge in [0, 0.05) is 26.1 Å². The Balaban J connectivity index is 0.00000289. The summed E-state index contributed by atoms with van der Waals surface area (Å²) in [4.78, 5) is 4.49. The first-order valence-electron chi connectivity index (χ1n) is 6.41. The zero-order chi connectivity index (χ0) is 12.3. The highest BCUT2D eigenvalue weighted by molar-refractivity contribution is 14.0. The topological polar surface area (TPSA) is 49.6 Å². The Morgan fingerprint density at radius 3 is 2.78 bits per heavy atom. The monoisotopic (exact) mass is 365 g/mol. The minimum atomic E-state index is 0. The highest BCUT2D eigenvalue weighted by Crippen LogP contribution is 1.99. The summed E-state index contributed by atoms with van der Waals surface area (Å²) in [6.45, 7) is 6.85. The molecular formula is C13H24IN3O. The maximum atomic E-state index is 5.27. The standard InChI is InChI=1S/C13H23N3O.HI/c1-3-5-9-15-13(14-4-2)16-10-8-12-7-6-11-17-12;/h6-7,11H,3-5,8-10H2,1-2H3,(H2,14,15,16);1H. The summed E-state index contributed by atoms with van der Waals surface area (Å²) >= 11 is 0. The van der Waals surface area contributed by atoms with Gasteiger partial charge in [0.05, 0.1) is 6.26 Å². The summed E-state index contributed by atoms with van der Waals surface area (Å²) in [6.07, 6.45) is 4.89.